The Balaban J connectivity index is 2.91. The fourth-order valence-electron chi connectivity index (χ4n) is 2.13. The van der Waals surface area contributed by atoms with Crippen molar-refractivity contribution in [3.63, 3.8) is 0 Å². The van der Waals surface area contributed by atoms with Crippen molar-refractivity contribution in [1.29, 1.82) is 0 Å². The van der Waals surface area contributed by atoms with Gasteiger partial charge in [0, 0.05) is 18.0 Å². The molecule has 0 radical (unpaired) electrons. The van der Waals surface area contributed by atoms with Gasteiger partial charge in [0.15, 0.2) is 5.82 Å². The zero-order chi connectivity index (χ0) is 14.1. The molecule has 0 amide bonds. The first-order valence-corrected chi connectivity index (χ1v) is 7.36. The lowest BCUT2D eigenvalue weighted by atomic mass is 10.0. The molecule has 0 unspecified atom stereocenters. The van der Waals surface area contributed by atoms with Gasteiger partial charge in [0.05, 0.1) is 0 Å². The molecule has 0 saturated heterocycles. The van der Waals surface area contributed by atoms with Crippen molar-refractivity contribution in [2.45, 2.75) is 53.1 Å². The van der Waals surface area contributed by atoms with Gasteiger partial charge in [-0.2, -0.15) is 0 Å². The largest absolute Gasteiger partial charge is 0.373 e. The molecule has 108 valence electrons. The van der Waals surface area contributed by atoms with Crippen molar-refractivity contribution in [2.75, 3.05) is 20.2 Å². The minimum atomic E-state index is 0.528. The second-order valence-electron chi connectivity index (χ2n) is 4.63. The summed E-state index contributed by atoms with van der Waals surface area (Å²) in [6, 6.07) is 0. The Morgan fingerprint density at radius 3 is 2.16 bits per heavy atom. The number of hydrogen-bond donors (Lipinski definition) is 1. The summed E-state index contributed by atoms with van der Waals surface area (Å²) in [7, 11) is 1.98. The summed E-state index contributed by atoms with van der Waals surface area (Å²) in [5, 5.41) is 3.20. The molecular weight excluding hydrogens is 238 g/mol. The van der Waals surface area contributed by atoms with Crippen molar-refractivity contribution >= 4 is 0 Å². The van der Waals surface area contributed by atoms with E-state index in [9.17, 15) is 0 Å². The summed E-state index contributed by atoms with van der Waals surface area (Å²) in [5.74, 6) is 0.829. The van der Waals surface area contributed by atoms with Crippen LogP contribution in [0.1, 0.15) is 50.0 Å². The third kappa shape index (κ3) is 4.88. The lowest BCUT2D eigenvalue weighted by molar-refractivity contribution is 0.115. The molecule has 1 N–H and O–H groups in total. The Labute approximate surface area is 117 Å². The molecular formula is C15H27N3O. The minimum absolute atomic E-state index is 0.528. The number of nitrogens with zero attached hydrogens (tertiary/aromatic N) is 2. The molecule has 1 rings (SSSR count). The fourth-order valence-corrected chi connectivity index (χ4v) is 2.13. The van der Waals surface area contributed by atoms with Crippen LogP contribution in [0.25, 0.3) is 0 Å². The number of rotatable bonds is 9. The Kier molecular flexibility index (Phi) is 7.60. The maximum atomic E-state index is 5.55. The van der Waals surface area contributed by atoms with Crippen molar-refractivity contribution < 1.29 is 4.74 Å². The highest BCUT2D eigenvalue weighted by Crippen LogP contribution is 2.14. The average molecular weight is 265 g/mol. The average Bonchev–Trinajstić information content (AvgIpc) is 2.45. The van der Waals surface area contributed by atoms with Crippen LogP contribution in [0.3, 0.4) is 0 Å². The van der Waals surface area contributed by atoms with Crippen LogP contribution >= 0.6 is 0 Å². The normalized spacial score (nSPS) is 10.9. The summed E-state index contributed by atoms with van der Waals surface area (Å²) in [6.07, 6.45) is 3.94. The van der Waals surface area contributed by atoms with Gasteiger partial charge in [-0.15, -0.1) is 0 Å². The number of aromatic nitrogens is 2. The van der Waals surface area contributed by atoms with E-state index in [0.29, 0.717) is 6.61 Å². The van der Waals surface area contributed by atoms with Crippen molar-refractivity contribution in [1.82, 2.24) is 15.3 Å². The number of nitrogens with one attached hydrogen (secondary N) is 1. The van der Waals surface area contributed by atoms with Crippen molar-refractivity contribution in [3.8, 4) is 0 Å². The highest BCUT2D eigenvalue weighted by molar-refractivity contribution is 5.27. The quantitative estimate of drug-likeness (QED) is 0.696. The topological polar surface area (TPSA) is 47.0 Å². The predicted molar refractivity (Wildman–Crippen MR) is 78.4 cm³/mol. The summed E-state index contributed by atoms with van der Waals surface area (Å²) in [6.45, 7) is 8.68. The van der Waals surface area contributed by atoms with Crippen LogP contribution in [-0.4, -0.2) is 30.2 Å². The van der Waals surface area contributed by atoms with Crippen LogP contribution in [0.2, 0.25) is 0 Å². The van der Waals surface area contributed by atoms with E-state index in [1.807, 2.05) is 7.05 Å². The van der Waals surface area contributed by atoms with E-state index in [1.54, 1.807) is 0 Å². The van der Waals surface area contributed by atoms with Crippen LogP contribution in [-0.2, 0) is 30.6 Å². The van der Waals surface area contributed by atoms with E-state index in [1.165, 1.54) is 17.0 Å². The van der Waals surface area contributed by atoms with Crippen LogP contribution in [0.4, 0.5) is 0 Å². The van der Waals surface area contributed by atoms with Crippen molar-refractivity contribution in [2.24, 2.45) is 0 Å². The van der Waals surface area contributed by atoms with Gasteiger partial charge in [0.2, 0.25) is 0 Å². The highest BCUT2D eigenvalue weighted by atomic mass is 16.5. The molecule has 1 aromatic rings. The van der Waals surface area contributed by atoms with Crippen LogP contribution in [0.15, 0.2) is 0 Å². The minimum Gasteiger partial charge on any atom is -0.373 e. The van der Waals surface area contributed by atoms with E-state index in [0.717, 1.165) is 44.7 Å². The summed E-state index contributed by atoms with van der Waals surface area (Å²) in [5.41, 5.74) is 3.67. The zero-order valence-corrected chi connectivity index (χ0v) is 12.8. The molecule has 0 atom stereocenters. The maximum Gasteiger partial charge on any atom is 0.154 e. The molecule has 0 saturated carbocycles. The van der Waals surface area contributed by atoms with Gasteiger partial charge in [-0.25, -0.2) is 9.97 Å². The molecule has 1 heterocycles. The number of likely N-dealkylation sites (N-methyl/N-ethyl adjacent to an activating group) is 1. The number of aryl methyl sites for hydroxylation is 2. The standard InChI is InChI=1S/C15H27N3O/c1-5-10-19-11-15-17-13(6-2)12(8-9-16-4)14(7-3)18-15/h16H,5-11H2,1-4H3. The van der Waals surface area contributed by atoms with Crippen LogP contribution in [0.5, 0.6) is 0 Å². The summed E-state index contributed by atoms with van der Waals surface area (Å²) < 4.78 is 5.55. The van der Waals surface area contributed by atoms with Gasteiger partial charge < -0.3 is 10.1 Å². The van der Waals surface area contributed by atoms with Gasteiger partial charge in [-0.1, -0.05) is 20.8 Å². The van der Waals surface area contributed by atoms with E-state index in [4.69, 9.17) is 4.74 Å². The smallest absolute Gasteiger partial charge is 0.154 e. The van der Waals surface area contributed by atoms with Crippen LogP contribution < -0.4 is 5.32 Å². The van der Waals surface area contributed by atoms with Gasteiger partial charge in [0.1, 0.15) is 6.61 Å². The van der Waals surface area contributed by atoms with E-state index >= 15 is 0 Å². The number of hydrogen-bond acceptors (Lipinski definition) is 4. The Morgan fingerprint density at radius 2 is 1.68 bits per heavy atom. The molecule has 0 spiro atoms. The Bertz CT molecular complexity index is 355. The van der Waals surface area contributed by atoms with E-state index in [2.05, 4.69) is 36.1 Å². The maximum absolute atomic E-state index is 5.55. The first-order valence-electron chi connectivity index (χ1n) is 7.36. The second-order valence-corrected chi connectivity index (χ2v) is 4.63. The zero-order valence-electron chi connectivity index (χ0n) is 12.8. The van der Waals surface area contributed by atoms with Crippen LogP contribution in [0, 0.1) is 0 Å². The lowest BCUT2D eigenvalue weighted by Crippen LogP contribution is -2.16. The van der Waals surface area contributed by atoms with Crippen molar-refractivity contribution in [3.05, 3.63) is 22.8 Å². The molecule has 19 heavy (non-hydrogen) atoms. The SMILES string of the molecule is CCCOCc1nc(CC)c(CCNC)c(CC)n1. The lowest BCUT2D eigenvalue weighted by Gasteiger charge is -2.14. The molecule has 0 aliphatic rings. The molecule has 1 aromatic heterocycles. The third-order valence-corrected chi connectivity index (χ3v) is 3.10. The van der Waals surface area contributed by atoms with E-state index < -0.39 is 0 Å². The molecule has 0 bridgehead atoms. The highest BCUT2D eigenvalue weighted by Gasteiger charge is 2.11. The molecule has 0 aliphatic carbocycles. The number of ether oxygens (including phenoxy) is 1. The fraction of sp³-hybridized carbons (Fsp3) is 0.733. The molecule has 0 fully saturated rings. The molecule has 4 heteroatoms. The second kappa shape index (κ2) is 8.99. The van der Waals surface area contributed by atoms with Gasteiger partial charge in [-0.05, 0) is 44.8 Å². The Morgan fingerprint density at radius 1 is 1.05 bits per heavy atom. The first-order chi connectivity index (χ1) is 9.26. The van der Waals surface area contributed by atoms with Gasteiger partial charge >= 0.3 is 0 Å². The first kappa shape index (κ1) is 16.1. The molecule has 0 aliphatic heterocycles. The molecule has 4 nitrogen and oxygen atoms in total. The predicted octanol–water partition coefficient (Wildman–Crippen LogP) is 2.29. The Hall–Kier alpha value is -1.00. The summed E-state index contributed by atoms with van der Waals surface area (Å²) in [4.78, 5) is 9.32. The van der Waals surface area contributed by atoms with Gasteiger partial charge in [-0.3, -0.25) is 0 Å². The van der Waals surface area contributed by atoms with Gasteiger partial charge in [0.25, 0.3) is 0 Å². The third-order valence-electron chi connectivity index (χ3n) is 3.10. The monoisotopic (exact) mass is 265 g/mol. The molecule has 0 aromatic carbocycles. The van der Waals surface area contributed by atoms with E-state index in [-0.39, 0.29) is 0 Å². The summed E-state index contributed by atoms with van der Waals surface area (Å²) >= 11 is 0.